The molecule has 0 saturated carbocycles. The highest BCUT2D eigenvalue weighted by Crippen LogP contribution is 2.39. The summed E-state index contributed by atoms with van der Waals surface area (Å²) >= 11 is 3.31. The number of aromatic nitrogens is 2. The molecule has 4 rings (SSSR count). The van der Waals surface area contributed by atoms with Crippen molar-refractivity contribution < 1.29 is 4.39 Å². The number of hydrogen-bond acceptors (Lipinski definition) is 4. The smallest absolute Gasteiger partial charge is 0.128 e. The molecule has 2 nitrogen and oxygen atoms in total. The van der Waals surface area contributed by atoms with Gasteiger partial charge in [0.15, 0.2) is 0 Å². The first kappa shape index (κ1) is 17.2. The van der Waals surface area contributed by atoms with Crippen molar-refractivity contribution in [2.75, 3.05) is 0 Å². The lowest BCUT2D eigenvalue weighted by atomic mass is 10.0. The summed E-state index contributed by atoms with van der Waals surface area (Å²) in [4.78, 5) is 9.96. The second-order valence-corrected chi connectivity index (χ2v) is 8.04. The average molecular weight is 381 g/mol. The van der Waals surface area contributed by atoms with E-state index in [4.69, 9.17) is 0 Å². The highest BCUT2D eigenvalue weighted by molar-refractivity contribution is 7.98. The average Bonchev–Trinajstić information content (AvgIpc) is 3.08. The summed E-state index contributed by atoms with van der Waals surface area (Å²) in [6, 6.07) is 13.2. The number of thiophene rings is 1. The molecule has 2 heterocycles. The summed E-state index contributed by atoms with van der Waals surface area (Å²) in [6.45, 7) is 4.26. The van der Waals surface area contributed by atoms with E-state index in [0.717, 1.165) is 26.6 Å². The Bertz CT molecular complexity index is 1070. The van der Waals surface area contributed by atoms with Crippen LogP contribution in [0.2, 0.25) is 0 Å². The monoisotopic (exact) mass is 380 g/mol. The van der Waals surface area contributed by atoms with Gasteiger partial charge in [-0.1, -0.05) is 30.3 Å². The number of nitrogens with zero attached hydrogens (tertiary/aromatic N) is 2. The molecule has 0 radical (unpaired) electrons. The van der Waals surface area contributed by atoms with E-state index >= 15 is 0 Å². The molecule has 0 spiro atoms. The Morgan fingerprint density at radius 3 is 2.58 bits per heavy atom. The lowest BCUT2D eigenvalue weighted by Gasteiger charge is -2.07. The van der Waals surface area contributed by atoms with Crippen molar-refractivity contribution >= 4 is 33.3 Å². The minimum atomic E-state index is -0.210. The van der Waals surface area contributed by atoms with Gasteiger partial charge in [0.25, 0.3) is 0 Å². The zero-order valence-corrected chi connectivity index (χ0v) is 16.1. The van der Waals surface area contributed by atoms with E-state index < -0.39 is 0 Å². The Kier molecular flexibility index (Phi) is 4.74. The molecule has 0 N–H and O–H groups in total. The first-order valence-electron chi connectivity index (χ1n) is 8.29. The van der Waals surface area contributed by atoms with E-state index in [1.54, 1.807) is 29.4 Å². The third-order valence-corrected chi connectivity index (χ3v) is 6.39. The van der Waals surface area contributed by atoms with E-state index in [2.05, 4.69) is 47.4 Å². The zero-order chi connectivity index (χ0) is 18.1. The van der Waals surface area contributed by atoms with Crippen LogP contribution in [0.4, 0.5) is 4.39 Å². The summed E-state index contributed by atoms with van der Waals surface area (Å²) in [7, 11) is 0. The Balaban J connectivity index is 1.72. The summed E-state index contributed by atoms with van der Waals surface area (Å²) in [6.07, 6.45) is 1.62. The molecule has 0 saturated heterocycles. The van der Waals surface area contributed by atoms with Crippen molar-refractivity contribution in [3.63, 3.8) is 0 Å². The molecule has 0 aliphatic heterocycles. The van der Waals surface area contributed by atoms with Crippen LogP contribution in [0, 0.1) is 19.7 Å². The third kappa shape index (κ3) is 3.37. The quantitative estimate of drug-likeness (QED) is 0.302. The fraction of sp³-hybridized carbons (Fsp3) is 0.143. The molecule has 26 heavy (non-hydrogen) atoms. The van der Waals surface area contributed by atoms with Crippen LogP contribution in [0.25, 0.3) is 21.3 Å². The lowest BCUT2D eigenvalue weighted by molar-refractivity contribution is 0.627. The predicted octanol–water partition coefficient (Wildman–Crippen LogP) is 6.41. The van der Waals surface area contributed by atoms with Crippen molar-refractivity contribution in [1.82, 2.24) is 9.97 Å². The molecule has 5 heteroatoms. The summed E-state index contributed by atoms with van der Waals surface area (Å²) < 4.78 is 13.1. The number of halogens is 1. The highest BCUT2D eigenvalue weighted by atomic mass is 32.2. The van der Waals surface area contributed by atoms with Gasteiger partial charge in [-0.3, -0.25) is 0 Å². The molecule has 0 fully saturated rings. The van der Waals surface area contributed by atoms with Gasteiger partial charge in [0.05, 0.1) is 5.39 Å². The Hall–Kier alpha value is -2.24. The van der Waals surface area contributed by atoms with Crippen LogP contribution < -0.4 is 0 Å². The van der Waals surface area contributed by atoms with Crippen molar-refractivity contribution in [1.29, 1.82) is 0 Å². The van der Waals surface area contributed by atoms with Gasteiger partial charge in [-0.05, 0) is 48.2 Å². The van der Waals surface area contributed by atoms with Gasteiger partial charge in [0.2, 0.25) is 0 Å². The molecular weight excluding hydrogens is 363 g/mol. The maximum atomic E-state index is 13.1. The fourth-order valence-electron chi connectivity index (χ4n) is 2.81. The van der Waals surface area contributed by atoms with Crippen LogP contribution in [-0.4, -0.2) is 9.97 Å². The maximum absolute atomic E-state index is 13.1. The van der Waals surface area contributed by atoms with Crippen molar-refractivity contribution in [2.45, 2.75) is 24.6 Å². The normalized spacial score (nSPS) is 11.2. The molecular formula is C21H17FN2S2. The number of fused-ring (bicyclic) bond motifs is 1. The number of hydrogen-bond donors (Lipinski definition) is 0. The molecule has 0 aliphatic carbocycles. The van der Waals surface area contributed by atoms with Gasteiger partial charge >= 0.3 is 0 Å². The van der Waals surface area contributed by atoms with Gasteiger partial charge < -0.3 is 0 Å². The van der Waals surface area contributed by atoms with Crippen LogP contribution >= 0.6 is 23.1 Å². The zero-order valence-electron chi connectivity index (χ0n) is 14.5. The van der Waals surface area contributed by atoms with Crippen LogP contribution in [0.5, 0.6) is 0 Å². The van der Waals surface area contributed by atoms with Gasteiger partial charge in [-0.15, -0.1) is 23.1 Å². The summed E-state index contributed by atoms with van der Waals surface area (Å²) in [5, 5.41) is 4.23. The molecule has 0 atom stereocenters. The predicted molar refractivity (Wildman–Crippen MR) is 108 cm³/mol. The second kappa shape index (κ2) is 7.17. The summed E-state index contributed by atoms with van der Waals surface area (Å²) in [5.41, 5.74) is 6.01. The standard InChI is InChI=1S/C21H17FN2S2/c1-13-3-6-16(9-14(13)2)18-11-26-21-19(18)20(23-12-24-21)25-10-15-4-7-17(22)8-5-15/h3-9,11-12H,10H2,1-2H3. The maximum Gasteiger partial charge on any atom is 0.128 e. The van der Waals surface area contributed by atoms with Crippen LogP contribution in [0.15, 0.2) is 59.2 Å². The number of aryl methyl sites for hydroxylation is 2. The summed E-state index contributed by atoms with van der Waals surface area (Å²) in [5.74, 6) is 0.534. The van der Waals surface area contributed by atoms with Crippen LogP contribution in [0.3, 0.4) is 0 Å². The molecule has 2 aromatic carbocycles. The molecule has 0 amide bonds. The van der Waals surface area contributed by atoms with Crippen LogP contribution in [-0.2, 0) is 5.75 Å². The first-order chi connectivity index (χ1) is 12.6. The minimum absolute atomic E-state index is 0.210. The molecule has 0 aliphatic rings. The molecule has 0 bridgehead atoms. The molecule has 130 valence electrons. The lowest BCUT2D eigenvalue weighted by Crippen LogP contribution is -1.88. The van der Waals surface area contributed by atoms with E-state index in [1.807, 2.05) is 12.1 Å². The SMILES string of the molecule is Cc1ccc(-c2csc3ncnc(SCc4ccc(F)cc4)c23)cc1C. The molecule has 2 aromatic heterocycles. The number of thioether (sulfide) groups is 1. The second-order valence-electron chi connectivity index (χ2n) is 6.22. The van der Waals surface area contributed by atoms with E-state index in [9.17, 15) is 4.39 Å². The van der Waals surface area contributed by atoms with E-state index in [0.29, 0.717) is 0 Å². The van der Waals surface area contributed by atoms with E-state index in [1.165, 1.54) is 34.4 Å². The van der Waals surface area contributed by atoms with Crippen molar-refractivity contribution in [3.05, 3.63) is 76.7 Å². The largest absolute Gasteiger partial charge is 0.229 e. The fourth-order valence-corrected chi connectivity index (χ4v) is 4.76. The van der Waals surface area contributed by atoms with Crippen molar-refractivity contribution in [2.24, 2.45) is 0 Å². The van der Waals surface area contributed by atoms with Crippen molar-refractivity contribution in [3.8, 4) is 11.1 Å². The van der Waals surface area contributed by atoms with Gasteiger partial charge in [0.1, 0.15) is 22.0 Å². The molecule has 0 unspecified atom stereocenters. The van der Waals surface area contributed by atoms with E-state index in [-0.39, 0.29) is 5.82 Å². The number of rotatable bonds is 4. The van der Waals surface area contributed by atoms with Gasteiger partial charge in [0, 0.05) is 16.7 Å². The van der Waals surface area contributed by atoms with Gasteiger partial charge in [-0.25, -0.2) is 14.4 Å². The Labute approximate surface area is 160 Å². The number of benzene rings is 2. The minimum Gasteiger partial charge on any atom is -0.229 e. The highest BCUT2D eigenvalue weighted by Gasteiger charge is 2.14. The topological polar surface area (TPSA) is 25.8 Å². The first-order valence-corrected chi connectivity index (χ1v) is 10.2. The molecule has 4 aromatic rings. The Morgan fingerprint density at radius 1 is 1.00 bits per heavy atom. The van der Waals surface area contributed by atoms with Gasteiger partial charge in [-0.2, -0.15) is 0 Å². The third-order valence-electron chi connectivity index (χ3n) is 4.44. The van der Waals surface area contributed by atoms with Crippen LogP contribution in [0.1, 0.15) is 16.7 Å². The Morgan fingerprint density at radius 2 is 1.81 bits per heavy atom.